The molecule has 1 amide bonds. The molecule has 1 aliphatic heterocycles. The third-order valence-corrected chi connectivity index (χ3v) is 7.27. The van der Waals surface area contributed by atoms with Crippen molar-refractivity contribution in [3.63, 3.8) is 0 Å². The van der Waals surface area contributed by atoms with E-state index < -0.39 is 9.84 Å². The van der Waals surface area contributed by atoms with Crippen LogP contribution in [0.3, 0.4) is 0 Å². The minimum Gasteiger partial charge on any atom is -0.483 e. The first-order valence-corrected chi connectivity index (χ1v) is 12.0. The summed E-state index contributed by atoms with van der Waals surface area (Å²) < 4.78 is 29.7. The Morgan fingerprint density at radius 3 is 2.48 bits per heavy atom. The topological polar surface area (TPSA) is 63.7 Å². The average molecular weight is 416 g/mol. The van der Waals surface area contributed by atoms with E-state index in [4.69, 9.17) is 4.74 Å². The van der Waals surface area contributed by atoms with Gasteiger partial charge in [-0.1, -0.05) is 55.5 Å². The van der Waals surface area contributed by atoms with Gasteiger partial charge in [-0.3, -0.25) is 4.79 Å². The summed E-state index contributed by atoms with van der Waals surface area (Å²) in [5, 5.41) is 0. The van der Waals surface area contributed by atoms with Crippen molar-refractivity contribution in [3.8, 4) is 5.75 Å². The highest BCUT2D eigenvalue weighted by atomic mass is 32.2. The number of benzene rings is 2. The maximum atomic E-state index is 13.0. The molecule has 1 heterocycles. The summed E-state index contributed by atoms with van der Waals surface area (Å²) in [4.78, 5) is 14.7. The van der Waals surface area contributed by atoms with Crippen molar-refractivity contribution in [1.29, 1.82) is 0 Å². The van der Waals surface area contributed by atoms with Crippen molar-refractivity contribution in [2.75, 3.05) is 18.1 Å². The van der Waals surface area contributed by atoms with Crippen LogP contribution in [0.25, 0.3) is 0 Å². The highest BCUT2D eigenvalue weighted by Crippen LogP contribution is 2.24. The molecule has 0 unspecified atom stereocenters. The number of carbonyl (C=O) groups is 1. The number of carbonyl (C=O) groups excluding carboxylic acids is 1. The first kappa shape index (κ1) is 21.4. The number of hydrogen-bond acceptors (Lipinski definition) is 4. The Balaban J connectivity index is 1.70. The summed E-state index contributed by atoms with van der Waals surface area (Å²) in [5.74, 6) is 0.732. The molecule has 6 heteroatoms. The molecular weight excluding hydrogens is 386 g/mol. The fraction of sp³-hybridized carbons (Fsp3) is 0.435. The molecule has 0 saturated carbocycles. The molecule has 5 nitrogen and oxygen atoms in total. The lowest BCUT2D eigenvalue weighted by molar-refractivity contribution is -0.137. The smallest absolute Gasteiger partial charge is 0.261 e. The standard InChI is InChI=1S/C23H29NO4S/c1-3-18(2)24(21-13-14-29(26,27)17-21)23(25)16-28-22-12-8-7-11-20(22)15-19-9-5-4-6-10-19/h4-12,18,21H,3,13-17H2,1-2H3/t18-,21+/m0/s1. The maximum absolute atomic E-state index is 13.0. The van der Waals surface area contributed by atoms with Crippen LogP contribution in [0.1, 0.15) is 37.8 Å². The monoisotopic (exact) mass is 415 g/mol. The molecule has 1 fully saturated rings. The van der Waals surface area contributed by atoms with E-state index in [1.54, 1.807) is 4.90 Å². The molecule has 0 aromatic heterocycles. The van der Waals surface area contributed by atoms with Crippen molar-refractivity contribution in [2.24, 2.45) is 0 Å². The molecule has 2 atom stereocenters. The zero-order chi connectivity index (χ0) is 20.9. The van der Waals surface area contributed by atoms with Crippen LogP contribution in [-0.2, 0) is 21.1 Å². The number of amides is 1. The van der Waals surface area contributed by atoms with Crippen molar-refractivity contribution in [1.82, 2.24) is 4.90 Å². The highest BCUT2D eigenvalue weighted by Gasteiger charge is 2.36. The van der Waals surface area contributed by atoms with Crippen LogP contribution < -0.4 is 4.74 Å². The number of para-hydroxylation sites is 1. The molecule has 0 N–H and O–H groups in total. The van der Waals surface area contributed by atoms with E-state index >= 15 is 0 Å². The summed E-state index contributed by atoms with van der Waals surface area (Å²) in [6, 6.07) is 17.6. The predicted octanol–water partition coefficient (Wildman–Crippen LogP) is 3.47. The Labute approximate surface area is 173 Å². The second-order valence-corrected chi connectivity index (χ2v) is 9.90. The van der Waals surface area contributed by atoms with Gasteiger partial charge in [0.15, 0.2) is 16.4 Å². The molecule has 1 aliphatic rings. The largest absolute Gasteiger partial charge is 0.483 e. The molecule has 156 valence electrons. The second-order valence-electron chi connectivity index (χ2n) is 7.67. The zero-order valence-electron chi connectivity index (χ0n) is 17.1. The normalized spacial score (nSPS) is 18.9. The Morgan fingerprint density at radius 1 is 1.14 bits per heavy atom. The van der Waals surface area contributed by atoms with E-state index in [0.717, 1.165) is 18.4 Å². The van der Waals surface area contributed by atoms with E-state index in [9.17, 15) is 13.2 Å². The van der Waals surface area contributed by atoms with Gasteiger partial charge in [0.25, 0.3) is 5.91 Å². The molecule has 0 radical (unpaired) electrons. The minimum atomic E-state index is -3.06. The van der Waals surface area contributed by atoms with Gasteiger partial charge in [0.05, 0.1) is 11.5 Å². The van der Waals surface area contributed by atoms with Crippen LogP contribution in [0.2, 0.25) is 0 Å². The first-order valence-electron chi connectivity index (χ1n) is 10.2. The maximum Gasteiger partial charge on any atom is 0.261 e. The van der Waals surface area contributed by atoms with Gasteiger partial charge in [0.2, 0.25) is 0 Å². The molecule has 0 bridgehead atoms. The van der Waals surface area contributed by atoms with Crippen LogP contribution >= 0.6 is 0 Å². The summed E-state index contributed by atoms with van der Waals surface area (Å²) in [7, 11) is -3.06. The van der Waals surface area contributed by atoms with Crippen molar-refractivity contribution < 1.29 is 17.9 Å². The van der Waals surface area contributed by atoms with Gasteiger partial charge in [-0.05, 0) is 37.0 Å². The Bertz CT molecular complexity index is 927. The SMILES string of the molecule is CC[C@H](C)N(C(=O)COc1ccccc1Cc1ccccc1)[C@@H]1CCS(=O)(=O)C1. The third kappa shape index (κ3) is 5.60. The minimum absolute atomic E-state index is 0.0241. The molecule has 2 aromatic rings. The Kier molecular flexibility index (Phi) is 6.96. The zero-order valence-corrected chi connectivity index (χ0v) is 17.9. The summed E-state index contributed by atoms with van der Waals surface area (Å²) in [6.45, 7) is 3.88. The fourth-order valence-electron chi connectivity index (χ4n) is 3.82. The van der Waals surface area contributed by atoms with E-state index in [-0.39, 0.29) is 36.1 Å². The van der Waals surface area contributed by atoms with Crippen LogP contribution in [0, 0.1) is 0 Å². The van der Waals surface area contributed by atoms with Gasteiger partial charge in [-0.2, -0.15) is 0 Å². The summed E-state index contributed by atoms with van der Waals surface area (Å²) in [5.41, 5.74) is 2.19. The van der Waals surface area contributed by atoms with E-state index in [1.165, 1.54) is 5.56 Å². The molecule has 2 aromatic carbocycles. The molecular formula is C23H29NO4S. The first-order chi connectivity index (χ1) is 13.9. The Hall–Kier alpha value is -2.34. The molecule has 29 heavy (non-hydrogen) atoms. The summed E-state index contributed by atoms with van der Waals surface area (Å²) in [6.07, 6.45) is 2.00. The van der Waals surface area contributed by atoms with Crippen LogP contribution in [0.5, 0.6) is 5.75 Å². The van der Waals surface area contributed by atoms with Crippen molar-refractivity contribution >= 4 is 15.7 Å². The lowest BCUT2D eigenvalue weighted by Gasteiger charge is -2.33. The number of nitrogens with zero attached hydrogens (tertiary/aromatic N) is 1. The second kappa shape index (κ2) is 9.44. The van der Waals surface area contributed by atoms with Gasteiger partial charge in [-0.25, -0.2) is 8.42 Å². The quantitative estimate of drug-likeness (QED) is 0.662. The number of rotatable bonds is 8. The number of sulfone groups is 1. The van der Waals surface area contributed by atoms with Crippen LogP contribution in [0.4, 0.5) is 0 Å². The van der Waals surface area contributed by atoms with Gasteiger partial charge in [0, 0.05) is 18.5 Å². The van der Waals surface area contributed by atoms with Crippen molar-refractivity contribution in [2.45, 2.75) is 45.2 Å². The van der Waals surface area contributed by atoms with Gasteiger partial charge in [-0.15, -0.1) is 0 Å². The summed E-state index contributed by atoms with van der Waals surface area (Å²) >= 11 is 0. The van der Waals surface area contributed by atoms with Gasteiger partial charge >= 0.3 is 0 Å². The van der Waals surface area contributed by atoms with E-state index in [1.807, 2.05) is 56.3 Å². The number of hydrogen-bond donors (Lipinski definition) is 0. The van der Waals surface area contributed by atoms with Gasteiger partial charge in [0.1, 0.15) is 5.75 Å². The Morgan fingerprint density at radius 2 is 1.83 bits per heavy atom. The van der Waals surface area contributed by atoms with Crippen LogP contribution in [-0.4, -0.2) is 49.4 Å². The van der Waals surface area contributed by atoms with Crippen molar-refractivity contribution in [3.05, 3.63) is 65.7 Å². The molecule has 0 aliphatic carbocycles. The van der Waals surface area contributed by atoms with Crippen LogP contribution in [0.15, 0.2) is 54.6 Å². The number of ether oxygens (including phenoxy) is 1. The highest BCUT2D eigenvalue weighted by molar-refractivity contribution is 7.91. The lowest BCUT2D eigenvalue weighted by atomic mass is 10.0. The van der Waals surface area contributed by atoms with E-state index in [2.05, 4.69) is 12.1 Å². The fourth-order valence-corrected chi connectivity index (χ4v) is 5.53. The molecule has 0 spiro atoms. The predicted molar refractivity (Wildman–Crippen MR) is 115 cm³/mol. The lowest BCUT2D eigenvalue weighted by Crippen LogP contribution is -2.48. The van der Waals surface area contributed by atoms with Gasteiger partial charge < -0.3 is 9.64 Å². The average Bonchev–Trinajstić information content (AvgIpc) is 3.07. The molecule has 3 rings (SSSR count). The van der Waals surface area contributed by atoms with E-state index in [0.29, 0.717) is 12.2 Å². The molecule has 1 saturated heterocycles. The third-order valence-electron chi connectivity index (χ3n) is 5.52.